The molecule has 0 aliphatic carbocycles. The highest BCUT2D eigenvalue weighted by Gasteiger charge is 2.24. The SMILES string of the molecule is CCOc1cc(/C=C2/SC(=Nc3ccc(OC)cc3)NC2=O)c(Br)cc1OCC(=O)Nc1ccc(F)cc1. The van der Waals surface area contributed by atoms with Crippen LogP contribution in [0.15, 0.2) is 75.0 Å². The second-order valence-electron chi connectivity index (χ2n) is 7.78. The van der Waals surface area contributed by atoms with Gasteiger partial charge in [-0.2, -0.15) is 0 Å². The Morgan fingerprint density at radius 2 is 1.82 bits per heavy atom. The number of nitrogens with zero attached hydrogens (tertiary/aromatic N) is 1. The fourth-order valence-corrected chi connectivity index (χ4v) is 4.58. The van der Waals surface area contributed by atoms with Crippen LogP contribution in [0.3, 0.4) is 0 Å². The van der Waals surface area contributed by atoms with E-state index in [9.17, 15) is 14.0 Å². The molecule has 1 aliphatic heterocycles. The van der Waals surface area contributed by atoms with Gasteiger partial charge in [-0.15, -0.1) is 0 Å². The lowest BCUT2D eigenvalue weighted by Crippen LogP contribution is -2.20. The minimum atomic E-state index is -0.413. The highest BCUT2D eigenvalue weighted by Crippen LogP contribution is 2.37. The van der Waals surface area contributed by atoms with Gasteiger partial charge in [-0.3, -0.25) is 9.59 Å². The summed E-state index contributed by atoms with van der Waals surface area (Å²) in [5, 5.41) is 5.86. The van der Waals surface area contributed by atoms with Crippen molar-refractivity contribution in [2.24, 2.45) is 4.99 Å². The number of rotatable bonds is 9. The predicted molar refractivity (Wildman–Crippen MR) is 150 cm³/mol. The molecule has 2 N–H and O–H groups in total. The number of methoxy groups -OCH3 is 1. The van der Waals surface area contributed by atoms with Crippen LogP contribution in [-0.4, -0.2) is 37.3 Å². The Kier molecular flexibility index (Phi) is 9.03. The van der Waals surface area contributed by atoms with E-state index in [2.05, 4.69) is 31.6 Å². The first-order chi connectivity index (χ1) is 18.3. The molecular weight excluding hydrogens is 577 g/mol. The summed E-state index contributed by atoms with van der Waals surface area (Å²) >= 11 is 4.73. The van der Waals surface area contributed by atoms with Crippen molar-refractivity contribution in [1.29, 1.82) is 0 Å². The molecular formula is C27H23BrFN3O5S. The van der Waals surface area contributed by atoms with E-state index in [1.165, 1.54) is 36.0 Å². The number of amides is 2. The van der Waals surface area contributed by atoms with E-state index in [1.807, 2.05) is 6.92 Å². The Hall–Kier alpha value is -3.83. The number of hydrogen-bond acceptors (Lipinski definition) is 7. The Bertz CT molecular complexity index is 1400. The highest BCUT2D eigenvalue weighted by molar-refractivity contribution is 9.10. The molecule has 4 rings (SSSR count). The average Bonchev–Trinajstić information content (AvgIpc) is 3.25. The van der Waals surface area contributed by atoms with Crippen LogP contribution in [0.5, 0.6) is 17.2 Å². The van der Waals surface area contributed by atoms with Crippen LogP contribution < -0.4 is 24.8 Å². The zero-order valence-corrected chi connectivity index (χ0v) is 22.8. The predicted octanol–water partition coefficient (Wildman–Crippen LogP) is 5.90. The number of aliphatic imine (C=N–C) groups is 1. The second-order valence-corrected chi connectivity index (χ2v) is 9.66. The number of halogens is 2. The van der Waals surface area contributed by atoms with Gasteiger partial charge >= 0.3 is 0 Å². The van der Waals surface area contributed by atoms with Gasteiger partial charge in [0.15, 0.2) is 23.3 Å². The van der Waals surface area contributed by atoms with Crippen molar-refractivity contribution in [1.82, 2.24) is 5.32 Å². The lowest BCUT2D eigenvalue weighted by molar-refractivity contribution is -0.118. The Labute approximate surface area is 231 Å². The summed E-state index contributed by atoms with van der Waals surface area (Å²) in [6.45, 7) is 1.91. The van der Waals surface area contributed by atoms with Gasteiger partial charge in [0.25, 0.3) is 11.8 Å². The van der Waals surface area contributed by atoms with Crippen molar-refractivity contribution in [3.63, 3.8) is 0 Å². The van der Waals surface area contributed by atoms with Gasteiger partial charge in [-0.05, 0) is 91.0 Å². The summed E-state index contributed by atoms with van der Waals surface area (Å²) in [6, 6.07) is 16.0. The summed E-state index contributed by atoms with van der Waals surface area (Å²) in [4.78, 5) is 29.8. The standard InChI is InChI=1S/C27H23BrFN3O5S/c1-3-36-22-12-16(13-24-26(34)32-27(38-24)31-19-8-10-20(35-2)11-9-19)21(28)14-23(22)37-15-25(33)30-18-6-4-17(29)5-7-18/h4-14H,3,15H2,1-2H3,(H,30,33)(H,31,32,34)/b24-13+. The second kappa shape index (κ2) is 12.6. The van der Waals surface area contributed by atoms with E-state index in [-0.39, 0.29) is 12.5 Å². The smallest absolute Gasteiger partial charge is 0.264 e. The first-order valence-corrected chi connectivity index (χ1v) is 13.0. The summed E-state index contributed by atoms with van der Waals surface area (Å²) in [5.74, 6) is 0.394. The van der Waals surface area contributed by atoms with Crippen LogP contribution in [0.1, 0.15) is 12.5 Å². The van der Waals surface area contributed by atoms with Gasteiger partial charge in [-0.1, -0.05) is 15.9 Å². The topological polar surface area (TPSA) is 98.2 Å². The fraction of sp³-hybridized carbons (Fsp3) is 0.148. The van der Waals surface area contributed by atoms with Gasteiger partial charge in [-0.25, -0.2) is 9.38 Å². The molecule has 0 saturated carbocycles. The molecule has 0 aromatic heterocycles. The Morgan fingerprint density at radius 1 is 1.11 bits per heavy atom. The zero-order valence-electron chi connectivity index (χ0n) is 20.4. The molecule has 38 heavy (non-hydrogen) atoms. The molecule has 1 fully saturated rings. The third-order valence-electron chi connectivity index (χ3n) is 5.09. The number of nitrogens with one attached hydrogen (secondary N) is 2. The van der Waals surface area contributed by atoms with Crippen LogP contribution in [0.2, 0.25) is 0 Å². The first kappa shape index (κ1) is 27.2. The third-order valence-corrected chi connectivity index (χ3v) is 6.69. The fourth-order valence-electron chi connectivity index (χ4n) is 3.31. The highest BCUT2D eigenvalue weighted by atomic mass is 79.9. The number of hydrogen-bond donors (Lipinski definition) is 2. The average molecular weight is 600 g/mol. The van der Waals surface area contributed by atoms with Gasteiger partial charge in [0.2, 0.25) is 0 Å². The Morgan fingerprint density at radius 3 is 2.50 bits per heavy atom. The van der Waals surface area contributed by atoms with Crippen molar-refractivity contribution in [2.75, 3.05) is 25.6 Å². The third kappa shape index (κ3) is 7.14. The van der Waals surface area contributed by atoms with Crippen molar-refractivity contribution >= 4 is 62.1 Å². The molecule has 0 spiro atoms. The molecule has 1 heterocycles. The van der Waals surface area contributed by atoms with Gasteiger partial charge in [0.1, 0.15) is 11.6 Å². The minimum Gasteiger partial charge on any atom is -0.497 e. The number of carbonyl (C=O) groups excluding carboxylic acids is 2. The minimum absolute atomic E-state index is 0.273. The number of benzene rings is 3. The zero-order chi connectivity index (χ0) is 27.1. The van der Waals surface area contributed by atoms with E-state index in [1.54, 1.807) is 49.6 Å². The van der Waals surface area contributed by atoms with E-state index < -0.39 is 11.7 Å². The van der Waals surface area contributed by atoms with Crippen LogP contribution in [0.4, 0.5) is 15.8 Å². The van der Waals surface area contributed by atoms with Crippen LogP contribution in [0.25, 0.3) is 6.08 Å². The number of ether oxygens (including phenoxy) is 3. The summed E-state index contributed by atoms with van der Waals surface area (Å²) in [6.07, 6.45) is 1.72. The molecule has 0 bridgehead atoms. The molecule has 8 nitrogen and oxygen atoms in total. The lowest BCUT2D eigenvalue weighted by Gasteiger charge is -2.14. The molecule has 2 amide bonds. The van der Waals surface area contributed by atoms with E-state index in [0.29, 0.717) is 55.3 Å². The number of amidine groups is 1. The molecule has 3 aromatic rings. The van der Waals surface area contributed by atoms with Crippen LogP contribution in [-0.2, 0) is 9.59 Å². The van der Waals surface area contributed by atoms with Crippen LogP contribution in [0, 0.1) is 5.82 Å². The largest absolute Gasteiger partial charge is 0.497 e. The maximum atomic E-state index is 13.1. The van der Waals surface area contributed by atoms with Gasteiger partial charge < -0.3 is 24.8 Å². The van der Waals surface area contributed by atoms with E-state index in [4.69, 9.17) is 14.2 Å². The number of anilines is 1. The Balaban J connectivity index is 1.47. The van der Waals surface area contributed by atoms with Crippen molar-refractivity contribution in [3.8, 4) is 17.2 Å². The molecule has 196 valence electrons. The maximum Gasteiger partial charge on any atom is 0.264 e. The molecule has 0 unspecified atom stereocenters. The maximum absolute atomic E-state index is 13.1. The van der Waals surface area contributed by atoms with Crippen molar-refractivity contribution in [2.45, 2.75) is 6.92 Å². The molecule has 3 aromatic carbocycles. The van der Waals surface area contributed by atoms with Gasteiger partial charge in [0, 0.05) is 10.2 Å². The quantitative estimate of drug-likeness (QED) is 0.297. The summed E-state index contributed by atoms with van der Waals surface area (Å²) in [5.41, 5.74) is 1.81. The van der Waals surface area contributed by atoms with Crippen molar-refractivity contribution < 1.29 is 28.2 Å². The molecule has 1 saturated heterocycles. The number of carbonyl (C=O) groups is 2. The molecule has 11 heteroatoms. The van der Waals surface area contributed by atoms with Gasteiger partial charge in [0.05, 0.1) is 24.3 Å². The number of thioether (sulfide) groups is 1. The van der Waals surface area contributed by atoms with E-state index >= 15 is 0 Å². The van der Waals surface area contributed by atoms with Crippen LogP contribution >= 0.6 is 27.7 Å². The molecule has 0 radical (unpaired) electrons. The monoisotopic (exact) mass is 599 g/mol. The normalized spacial score (nSPS) is 14.9. The summed E-state index contributed by atoms with van der Waals surface area (Å²) < 4.78 is 30.3. The van der Waals surface area contributed by atoms with Crippen molar-refractivity contribution in [3.05, 3.63) is 81.4 Å². The van der Waals surface area contributed by atoms with E-state index in [0.717, 1.165) is 0 Å². The molecule has 0 atom stereocenters. The lowest BCUT2D eigenvalue weighted by atomic mass is 10.2. The molecule has 1 aliphatic rings. The summed E-state index contributed by atoms with van der Waals surface area (Å²) in [7, 11) is 1.59. The first-order valence-electron chi connectivity index (χ1n) is 11.4.